The van der Waals surface area contributed by atoms with Gasteiger partial charge in [-0.15, -0.1) is 0 Å². The van der Waals surface area contributed by atoms with Crippen LogP contribution in [0.5, 0.6) is 0 Å². The zero-order chi connectivity index (χ0) is 13.8. The van der Waals surface area contributed by atoms with Crippen LogP contribution in [0.4, 0.5) is 0 Å². The van der Waals surface area contributed by atoms with Crippen molar-refractivity contribution in [3.05, 3.63) is 0 Å². The van der Waals surface area contributed by atoms with Crippen LogP contribution in [-0.4, -0.2) is 47.1 Å². The number of nitrogens with zero attached hydrogens (tertiary/aromatic N) is 1. The summed E-state index contributed by atoms with van der Waals surface area (Å²) < 4.78 is 0. The van der Waals surface area contributed by atoms with Crippen molar-refractivity contribution >= 4 is 11.8 Å². The fourth-order valence-corrected chi connectivity index (χ4v) is 5.20. The minimum Gasteiger partial charge on any atom is -0.314 e. The van der Waals surface area contributed by atoms with E-state index < -0.39 is 0 Å². The molecule has 0 radical (unpaired) electrons. The van der Waals surface area contributed by atoms with E-state index >= 15 is 0 Å². The monoisotopic (exact) mass is 284 g/mol. The molecule has 0 aromatic heterocycles. The fraction of sp³-hybridized carbons (Fsp3) is 1.00. The summed E-state index contributed by atoms with van der Waals surface area (Å²) in [7, 11) is 0. The molecule has 1 heterocycles. The first-order valence-corrected chi connectivity index (χ1v) is 9.32. The summed E-state index contributed by atoms with van der Waals surface area (Å²) >= 11 is 2.18. The molecule has 2 fully saturated rings. The highest BCUT2D eigenvalue weighted by atomic mass is 32.2. The second-order valence-electron chi connectivity index (χ2n) is 6.33. The van der Waals surface area contributed by atoms with E-state index in [4.69, 9.17) is 0 Å². The molecule has 0 bridgehead atoms. The molecule has 0 amide bonds. The molecule has 1 N–H and O–H groups in total. The first kappa shape index (κ1) is 15.7. The van der Waals surface area contributed by atoms with Gasteiger partial charge in [-0.25, -0.2) is 0 Å². The number of thioether (sulfide) groups is 1. The molecule has 2 aliphatic rings. The van der Waals surface area contributed by atoms with Gasteiger partial charge in [0.2, 0.25) is 0 Å². The first-order chi connectivity index (χ1) is 9.17. The normalized spacial score (nSPS) is 40.7. The van der Waals surface area contributed by atoms with Crippen LogP contribution < -0.4 is 5.32 Å². The summed E-state index contributed by atoms with van der Waals surface area (Å²) in [6, 6.07) is 2.34. The molecule has 3 heteroatoms. The summed E-state index contributed by atoms with van der Waals surface area (Å²) in [4.78, 5) is 2.83. The molecular weight excluding hydrogens is 252 g/mol. The lowest BCUT2D eigenvalue weighted by molar-refractivity contribution is 0.0494. The Morgan fingerprint density at radius 3 is 2.63 bits per heavy atom. The Morgan fingerprint density at radius 2 is 1.95 bits per heavy atom. The van der Waals surface area contributed by atoms with Gasteiger partial charge in [0.05, 0.1) is 0 Å². The molecule has 112 valence electrons. The zero-order valence-corrected chi connectivity index (χ0v) is 14.0. The van der Waals surface area contributed by atoms with Crippen LogP contribution in [0.25, 0.3) is 0 Å². The maximum Gasteiger partial charge on any atom is 0.0120 e. The highest BCUT2D eigenvalue weighted by molar-refractivity contribution is 7.99. The molecule has 2 rings (SSSR count). The third-order valence-corrected chi connectivity index (χ3v) is 6.54. The Morgan fingerprint density at radius 1 is 1.16 bits per heavy atom. The summed E-state index contributed by atoms with van der Waals surface area (Å²) in [5, 5.41) is 4.61. The summed E-state index contributed by atoms with van der Waals surface area (Å²) in [5.41, 5.74) is 0. The Labute approximate surface area is 124 Å². The Hall–Kier alpha value is 0.270. The van der Waals surface area contributed by atoms with Gasteiger partial charge >= 0.3 is 0 Å². The van der Waals surface area contributed by atoms with Crippen molar-refractivity contribution in [3.8, 4) is 0 Å². The Kier molecular flexibility index (Phi) is 6.04. The van der Waals surface area contributed by atoms with E-state index in [1.165, 1.54) is 38.0 Å². The number of nitrogens with one attached hydrogen (secondary N) is 1. The third kappa shape index (κ3) is 3.68. The van der Waals surface area contributed by atoms with Crippen molar-refractivity contribution in [3.63, 3.8) is 0 Å². The number of hydrogen-bond donors (Lipinski definition) is 1. The SMILES string of the molecule is CCNC1CCN(C2CCC(SCC)C2)C(C)C1C. The van der Waals surface area contributed by atoms with Crippen LogP contribution in [-0.2, 0) is 0 Å². The highest BCUT2D eigenvalue weighted by Crippen LogP contribution is 2.36. The van der Waals surface area contributed by atoms with Crippen molar-refractivity contribution < 1.29 is 0 Å². The number of rotatable bonds is 5. The van der Waals surface area contributed by atoms with Crippen LogP contribution in [0, 0.1) is 5.92 Å². The average molecular weight is 285 g/mol. The summed E-state index contributed by atoms with van der Waals surface area (Å²) in [6.07, 6.45) is 5.64. The van der Waals surface area contributed by atoms with E-state index in [9.17, 15) is 0 Å². The molecule has 2 nitrogen and oxygen atoms in total. The average Bonchev–Trinajstić information content (AvgIpc) is 2.84. The second kappa shape index (κ2) is 7.33. The summed E-state index contributed by atoms with van der Waals surface area (Å²) in [6.45, 7) is 11.8. The number of likely N-dealkylation sites (tertiary alicyclic amines) is 1. The Balaban J connectivity index is 1.88. The van der Waals surface area contributed by atoms with Gasteiger partial charge in [0.25, 0.3) is 0 Å². The smallest absolute Gasteiger partial charge is 0.0120 e. The lowest BCUT2D eigenvalue weighted by atomic mass is 9.85. The van der Waals surface area contributed by atoms with Gasteiger partial charge in [-0.2, -0.15) is 11.8 Å². The van der Waals surface area contributed by atoms with Crippen LogP contribution in [0.2, 0.25) is 0 Å². The first-order valence-electron chi connectivity index (χ1n) is 8.28. The van der Waals surface area contributed by atoms with Gasteiger partial charge < -0.3 is 5.32 Å². The largest absolute Gasteiger partial charge is 0.314 e. The highest BCUT2D eigenvalue weighted by Gasteiger charge is 2.38. The van der Waals surface area contributed by atoms with E-state index in [1.54, 1.807) is 0 Å². The predicted molar refractivity (Wildman–Crippen MR) is 87.0 cm³/mol. The maximum absolute atomic E-state index is 3.67. The number of hydrogen-bond acceptors (Lipinski definition) is 3. The maximum atomic E-state index is 3.67. The van der Waals surface area contributed by atoms with Gasteiger partial charge in [-0.1, -0.05) is 20.8 Å². The standard InChI is InChI=1S/C16H32N2S/c1-5-17-16-9-10-18(13(4)12(16)3)14-7-8-15(11-14)19-6-2/h12-17H,5-11H2,1-4H3. The van der Waals surface area contributed by atoms with Crippen LogP contribution in [0.1, 0.15) is 53.4 Å². The van der Waals surface area contributed by atoms with Crippen LogP contribution >= 0.6 is 11.8 Å². The second-order valence-corrected chi connectivity index (χ2v) is 7.91. The molecule has 5 atom stereocenters. The molecule has 0 aromatic carbocycles. The molecule has 1 saturated heterocycles. The molecular formula is C16H32N2S. The van der Waals surface area contributed by atoms with Crippen LogP contribution in [0.3, 0.4) is 0 Å². The minimum atomic E-state index is 0.735. The van der Waals surface area contributed by atoms with Crippen molar-refractivity contribution in [2.45, 2.75) is 76.8 Å². The summed E-state index contributed by atoms with van der Waals surface area (Å²) in [5.74, 6) is 2.07. The van der Waals surface area contributed by atoms with Crippen molar-refractivity contribution in [1.29, 1.82) is 0 Å². The molecule has 1 aliphatic heterocycles. The van der Waals surface area contributed by atoms with Crippen LogP contribution in [0.15, 0.2) is 0 Å². The van der Waals surface area contributed by atoms with Gasteiger partial charge in [-0.05, 0) is 50.8 Å². The fourth-order valence-electron chi connectivity index (χ4n) is 4.06. The lowest BCUT2D eigenvalue weighted by Gasteiger charge is -2.46. The van der Waals surface area contributed by atoms with Gasteiger partial charge in [0, 0.05) is 29.9 Å². The van der Waals surface area contributed by atoms with Gasteiger partial charge in [-0.3, -0.25) is 4.90 Å². The van der Waals surface area contributed by atoms with Crippen molar-refractivity contribution in [2.75, 3.05) is 18.8 Å². The van der Waals surface area contributed by atoms with Gasteiger partial charge in [0.15, 0.2) is 0 Å². The topological polar surface area (TPSA) is 15.3 Å². The van der Waals surface area contributed by atoms with E-state index in [0.717, 1.165) is 35.8 Å². The van der Waals surface area contributed by atoms with E-state index in [0.29, 0.717) is 0 Å². The molecule has 0 aromatic rings. The minimum absolute atomic E-state index is 0.735. The van der Waals surface area contributed by atoms with E-state index in [-0.39, 0.29) is 0 Å². The van der Waals surface area contributed by atoms with Crippen molar-refractivity contribution in [1.82, 2.24) is 10.2 Å². The molecule has 19 heavy (non-hydrogen) atoms. The quantitative estimate of drug-likeness (QED) is 0.833. The molecule has 0 spiro atoms. The van der Waals surface area contributed by atoms with E-state index in [2.05, 4.69) is 49.7 Å². The zero-order valence-electron chi connectivity index (χ0n) is 13.2. The lowest BCUT2D eigenvalue weighted by Crippen LogP contribution is -2.55. The number of piperidine rings is 1. The predicted octanol–water partition coefficient (Wildman–Crippen LogP) is 3.37. The molecule has 5 unspecified atom stereocenters. The van der Waals surface area contributed by atoms with E-state index in [1.807, 2.05) is 0 Å². The molecule has 1 aliphatic carbocycles. The van der Waals surface area contributed by atoms with Gasteiger partial charge in [0.1, 0.15) is 0 Å². The third-order valence-electron chi connectivity index (χ3n) is 5.31. The van der Waals surface area contributed by atoms with Crippen molar-refractivity contribution in [2.24, 2.45) is 5.92 Å². The Bertz CT molecular complexity index is 269. The molecule has 1 saturated carbocycles.